The van der Waals surface area contributed by atoms with E-state index in [2.05, 4.69) is 10.0 Å². The lowest BCUT2D eigenvalue weighted by molar-refractivity contribution is -0.139. The first-order chi connectivity index (χ1) is 10.7. The normalized spacial score (nSPS) is 15.9. The van der Waals surface area contributed by atoms with Crippen LogP contribution >= 0.6 is 0 Å². The Balaban J connectivity index is 2.30. The molecule has 1 unspecified atom stereocenters. The molecule has 1 aliphatic rings. The van der Waals surface area contributed by atoms with Crippen LogP contribution in [0.25, 0.3) is 0 Å². The predicted octanol–water partition coefficient (Wildman–Crippen LogP) is 0.750. The van der Waals surface area contributed by atoms with Gasteiger partial charge in [-0.25, -0.2) is 8.42 Å². The van der Waals surface area contributed by atoms with Crippen LogP contribution in [0.3, 0.4) is 0 Å². The van der Waals surface area contributed by atoms with Gasteiger partial charge in [0, 0.05) is 12.1 Å². The Morgan fingerprint density at radius 1 is 1.39 bits per heavy atom. The lowest BCUT2D eigenvalue weighted by Crippen LogP contribution is -2.41. The number of fused-ring (bicyclic) bond motifs is 1. The predicted molar refractivity (Wildman–Crippen MR) is 83.7 cm³/mol. The maximum atomic E-state index is 12.4. The molecular weight excluding hydrogens is 320 g/mol. The number of nitrogens with one attached hydrogen (secondary N) is 2. The average molecular weight is 340 g/mol. The number of rotatable bonds is 6. The number of carboxylic acids is 1. The van der Waals surface area contributed by atoms with Crippen LogP contribution in [0, 0.1) is 5.92 Å². The Labute approximate surface area is 135 Å². The van der Waals surface area contributed by atoms with Crippen LogP contribution in [0.1, 0.15) is 36.2 Å². The first-order valence-electron chi connectivity index (χ1n) is 7.37. The van der Waals surface area contributed by atoms with Gasteiger partial charge in [-0.15, -0.1) is 0 Å². The topological polar surface area (TPSA) is 113 Å². The molecule has 0 saturated carbocycles. The Morgan fingerprint density at radius 2 is 2.09 bits per heavy atom. The van der Waals surface area contributed by atoms with Crippen LogP contribution in [-0.4, -0.2) is 38.0 Å². The molecule has 1 aromatic carbocycles. The third-order valence-corrected chi connectivity index (χ3v) is 5.09. The molecule has 2 rings (SSSR count). The number of carbonyl (C=O) groups is 2. The van der Waals surface area contributed by atoms with E-state index in [9.17, 15) is 23.1 Å². The van der Waals surface area contributed by atoms with Crippen LogP contribution in [0.2, 0.25) is 0 Å². The molecule has 0 fully saturated rings. The quantitative estimate of drug-likeness (QED) is 0.707. The van der Waals surface area contributed by atoms with Gasteiger partial charge in [0.05, 0.1) is 4.90 Å². The summed E-state index contributed by atoms with van der Waals surface area (Å²) in [6, 6.07) is 3.08. The second kappa shape index (κ2) is 6.67. The monoisotopic (exact) mass is 340 g/mol. The van der Waals surface area contributed by atoms with E-state index in [0.29, 0.717) is 18.5 Å². The van der Waals surface area contributed by atoms with Gasteiger partial charge in [-0.05, 0) is 36.5 Å². The van der Waals surface area contributed by atoms with E-state index < -0.39 is 22.0 Å². The molecule has 1 aromatic rings. The van der Waals surface area contributed by atoms with E-state index in [1.807, 2.05) is 13.8 Å². The summed E-state index contributed by atoms with van der Waals surface area (Å²) < 4.78 is 27.0. The van der Waals surface area contributed by atoms with Gasteiger partial charge in [-0.2, -0.15) is 4.72 Å². The molecule has 0 radical (unpaired) electrons. The molecule has 8 heteroatoms. The van der Waals surface area contributed by atoms with Gasteiger partial charge < -0.3 is 10.4 Å². The van der Waals surface area contributed by atoms with Crippen LogP contribution < -0.4 is 10.0 Å². The van der Waals surface area contributed by atoms with Crippen molar-refractivity contribution in [1.29, 1.82) is 0 Å². The van der Waals surface area contributed by atoms with Gasteiger partial charge in [-0.1, -0.05) is 19.9 Å². The smallest absolute Gasteiger partial charge is 0.321 e. The van der Waals surface area contributed by atoms with Crippen molar-refractivity contribution in [2.75, 3.05) is 6.54 Å². The van der Waals surface area contributed by atoms with Gasteiger partial charge >= 0.3 is 5.97 Å². The maximum absolute atomic E-state index is 12.4. The summed E-state index contributed by atoms with van der Waals surface area (Å²) in [5.74, 6) is -1.52. The number of sulfonamides is 1. The molecule has 0 aliphatic carbocycles. The fourth-order valence-corrected chi connectivity index (χ4v) is 3.71. The summed E-state index contributed by atoms with van der Waals surface area (Å²) in [5.41, 5.74) is 1.10. The lowest BCUT2D eigenvalue weighted by atomic mass is 10.0. The van der Waals surface area contributed by atoms with Gasteiger partial charge in [-0.3, -0.25) is 9.59 Å². The molecule has 1 aliphatic heterocycles. The van der Waals surface area contributed by atoms with E-state index in [1.165, 1.54) is 12.1 Å². The minimum atomic E-state index is -4.02. The summed E-state index contributed by atoms with van der Waals surface area (Å²) in [6.07, 6.45) is 0.819. The zero-order valence-corrected chi connectivity index (χ0v) is 13.8. The highest BCUT2D eigenvalue weighted by Gasteiger charge is 2.27. The first-order valence-corrected chi connectivity index (χ1v) is 8.85. The number of carbonyl (C=O) groups excluding carboxylic acids is 1. The molecule has 1 atom stereocenters. The maximum Gasteiger partial charge on any atom is 0.321 e. The fourth-order valence-electron chi connectivity index (χ4n) is 2.48. The minimum absolute atomic E-state index is 0.0214. The number of hydrogen-bond acceptors (Lipinski definition) is 4. The zero-order valence-electron chi connectivity index (χ0n) is 13.0. The van der Waals surface area contributed by atoms with E-state index in [4.69, 9.17) is 0 Å². The highest BCUT2D eigenvalue weighted by molar-refractivity contribution is 7.89. The van der Waals surface area contributed by atoms with Crippen molar-refractivity contribution in [1.82, 2.24) is 10.0 Å². The summed E-state index contributed by atoms with van der Waals surface area (Å²) in [5, 5.41) is 11.8. The average Bonchev–Trinajstić information content (AvgIpc) is 2.46. The largest absolute Gasteiger partial charge is 0.480 e. The standard InChI is InChI=1S/C15H20N2O5S/c1-9(2)7-13(15(19)20)17-23(21,22)11-4-3-10-5-6-16-14(18)12(10)8-11/h3-4,8-9,13,17H,5-7H2,1-2H3,(H,16,18)(H,19,20). The van der Waals surface area contributed by atoms with E-state index >= 15 is 0 Å². The van der Waals surface area contributed by atoms with Crippen LogP contribution in [-0.2, 0) is 21.2 Å². The summed E-state index contributed by atoms with van der Waals surface area (Å²) >= 11 is 0. The van der Waals surface area contributed by atoms with Gasteiger partial charge in [0.25, 0.3) is 5.91 Å². The molecule has 0 saturated heterocycles. The SMILES string of the molecule is CC(C)CC(NS(=O)(=O)c1ccc2c(c1)C(=O)NCC2)C(=O)O. The number of carboxylic acid groups (broad SMARTS) is 1. The first kappa shape index (κ1) is 17.4. The van der Waals surface area contributed by atoms with Gasteiger partial charge in [0.2, 0.25) is 10.0 Å². The third kappa shape index (κ3) is 4.08. The van der Waals surface area contributed by atoms with Gasteiger partial charge in [0.1, 0.15) is 6.04 Å². The number of benzene rings is 1. The van der Waals surface area contributed by atoms with Crippen molar-refractivity contribution in [2.45, 2.75) is 37.6 Å². The van der Waals surface area contributed by atoms with Crippen molar-refractivity contribution in [3.8, 4) is 0 Å². The Hall–Kier alpha value is -1.93. The molecule has 3 N–H and O–H groups in total. The summed E-state index contributed by atoms with van der Waals surface area (Å²) in [7, 11) is -4.02. The highest BCUT2D eigenvalue weighted by Crippen LogP contribution is 2.20. The Bertz CT molecular complexity index is 727. The van der Waals surface area contributed by atoms with Crippen LogP contribution in [0.4, 0.5) is 0 Å². The van der Waals surface area contributed by atoms with Gasteiger partial charge in [0.15, 0.2) is 0 Å². The molecule has 1 heterocycles. The number of hydrogen-bond donors (Lipinski definition) is 3. The van der Waals surface area contributed by atoms with E-state index in [1.54, 1.807) is 6.07 Å². The molecule has 0 bridgehead atoms. The fraction of sp³-hybridized carbons (Fsp3) is 0.467. The highest BCUT2D eigenvalue weighted by atomic mass is 32.2. The number of aliphatic carboxylic acids is 1. The zero-order chi connectivity index (χ0) is 17.2. The van der Waals surface area contributed by atoms with Crippen molar-refractivity contribution < 1.29 is 23.1 Å². The Morgan fingerprint density at radius 3 is 2.70 bits per heavy atom. The third-order valence-electron chi connectivity index (χ3n) is 3.62. The van der Waals surface area contributed by atoms with Crippen molar-refractivity contribution >= 4 is 21.9 Å². The van der Waals surface area contributed by atoms with Crippen LogP contribution in [0.5, 0.6) is 0 Å². The number of amides is 1. The van der Waals surface area contributed by atoms with Crippen molar-refractivity contribution in [3.05, 3.63) is 29.3 Å². The second-order valence-corrected chi connectivity index (χ2v) is 7.68. The lowest BCUT2D eigenvalue weighted by Gasteiger charge is -2.19. The molecule has 126 valence electrons. The second-order valence-electron chi connectivity index (χ2n) is 5.97. The molecule has 0 spiro atoms. The van der Waals surface area contributed by atoms with E-state index in [-0.39, 0.29) is 23.1 Å². The summed E-state index contributed by atoms with van der Waals surface area (Å²) in [4.78, 5) is 22.9. The minimum Gasteiger partial charge on any atom is -0.480 e. The summed E-state index contributed by atoms with van der Waals surface area (Å²) in [6.45, 7) is 4.15. The van der Waals surface area contributed by atoms with Crippen molar-refractivity contribution in [3.63, 3.8) is 0 Å². The molecule has 23 heavy (non-hydrogen) atoms. The van der Waals surface area contributed by atoms with Crippen molar-refractivity contribution in [2.24, 2.45) is 5.92 Å². The van der Waals surface area contributed by atoms with E-state index in [0.717, 1.165) is 5.56 Å². The molecule has 1 amide bonds. The Kier molecular flexibility index (Phi) is 5.06. The molecule has 0 aromatic heterocycles. The molecular formula is C15H20N2O5S. The van der Waals surface area contributed by atoms with Crippen LogP contribution in [0.15, 0.2) is 23.1 Å². The molecule has 7 nitrogen and oxygen atoms in total.